The molecule has 4 heteroatoms. The van der Waals surface area contributed by atoms with Crippen molar-refractivity contribution in [2.75, 3.05) is 0 Å². The number of amides is 1. The lowest BCUT2D eigenvalue weighted by Crippen LogP contribution is -2.10. The van der Waals surface area contributed by atoms with Gasteiger partial charge in [-0.15, -0.1) is 0 Å². The van der Waals surface area contributed by atoms with Gasteiger partial charge in [0.1, 0.15) is 12.4 Å². The van der Waals surface area contributed by atoms with E-state index in [1.807, 2.05) is 24.3 Å². The maximum Gasteiger partial charge on any atom is 0.248 e. The van der Waals surface area contributed by atoms with Gasteiger partial charge in [-0.05, 0) is 35.9 Å². The van der Waals surface area contributed by atoms with E-state index < -0.39 is 5.91 Å². The Morgan fingerprint density at radius 1 is 1.17 bits per heavy atom. The van der Waals surface area contributed by atoms with Gasteiger partial charge < -0.3 is 10.5 Å². The Morgan fingerprint density at radius 3 is 2.56 bits per heavy atom. The molecule has 2 aromatic carbocycles. The second-order valence-electron chi connectivity index (χ2n) is 3.81. The lowest BCUT2D eigenvalue weighted by atomic mass is 10.2. The highest BCUT2D eigenvalue weighted by atomic mass is 79.9. The fraction of sp³-hybridized carbons (Fsp3) is 0.0714. The fourth-order valence-electron chi connectivity index (χ4n) is 1.49. The maximum absolute atomic E-state index is 11.0. The van der Waals surface area contributed by atoms with Gasteiger partial charge in [-0.2, -0.15) is 0 Å². The summed E-state index contributed by atoms with van der Waals surface area (Å²) in [7, 11) is 0. The molecule has 0 saturated carbocycles. The Kier molecular flexibility index (Phi) is 3.99. The predicted molar refractivity (Wildman–Crippen MR) is 73.4 cm³/mol. The van der Waals surface area contributed by atoms with E-state index in [0.29, 0.717) is 17.9 Å². The molecule has 0 radical (unpaired) electrons. The first kappa shape index (κ1) is 12.6. The number of hydrogen-bond donors (Lipinski definition) is 1. The lowest BCUT2D eigenvalue weighted by Gasteiger charge is -2.07. The van der Waals surface area contributed by atoms with Crippen molar-refractivity contribution in [1.82, 2.24) is 0 Å². The van der Waals surface area contributed by atoms with Crippen LogP contribution >= 0.6 is 15.9 Å². The normalized spacial score (nSPS) is 10.1. The molecule has 0 fully saturated rings. The first-order chi connectivity index (χ1) is 8.65. The second-order valence-corrected chi connectivity index (χ2v) is 4.72. The first-order valence-corrected chi connectivity index (χ1v) is 6.21. The van der Waals surface area contributed by atoms with Crippen LogP contribution in [-0.4, -0.2) is 5.91 Å². The average molecular weight is 306 g/mol. The minimum atomic E-state index is -0.455. The van der Waals surface area contributed by atoms with Gasteiger partial charge in [0.25, 0.3) is 0 Å². The van der Waals surface area contributed by atoms with Crippen molar-refractivity contribution in [1.29, 1.82) is 0 Å². The van der Waals surface area contributed by atoms with E-state index in [1.165, 1.54) is 0 Å². The van der Waals surface area contributed by atoms with Gasteiger partial charge in [0, 0.05) is 10.0 Å². The van der Waals surface area contributed by atoms with Crippen molar-refractivity contribution in [3.8, 4) is 5.75 Å². The van der Waals surface area contributed by atoms with E-state index in [2.05, 4.69) is 15.9 Å². The van der Waals surface area contributed by atoms with E-state index in [-0.39, 0.29) is 0 Å². The van der Waals surface area contributed by atoms with Gasteiger partial charge >= 0.3 is 0 Å². The summed E-state index contributed by atoms with van der Waals surface area (Å²) < 4.78 is 6.63. The van der Waals surface area contributed by atoms with E-state index in [0.717, 1.165) is 10.0 Å². The molecule has 3 nitrogen and oxygen atoms in total. The molecule has 2 rings (SSSR count). The number of halogens is 1. The van der Waals surface area contributed by atoms with Gasteiger partial charge in [-0.25, -0.2) is 0 Å². The van der Waals surface area contributed by atoms with Crippen LogP contribution in [-0.2, 0) is 6.61 Å². The number of nitrogens with two attached hydrogens (primary N) is 1. The molecule has 1 amide bonds. The van der Waals surface area contributed by atoms with E-state index in [9.17, 15) is 4.79 Å². The van der Waals surface area contributed by atoms with Crippen LogP contribution < -0.4 is 10.5 Å². The molecule has 0 aliphatic rings. The standard InChI is InChI=1S/C14H12BrNO2/c15-12-6-4-10(5-7-12)9-18-13-3-1-2-11(8-13)14(16)17/h1-8H,9H2,(H2,16,17). The van der Waals surface area contributed by atoms with Crippen LogP contribution in [0.25, 0.3) is 0 Å². The summed E-state index contributed by atoms with van der Waals surface area (Å²) in [5.41, 5.74) is 6.71. The highest BCUT2D eigenvalue weighted by molar-refractivity contribution is 9.10. The van der Waals surface area contributed by atoms with Gasteiger partial charge in [-0.3, -0.25) is 4.79 Å². The van der Waals surface area contributed by atoms with Crippen LogP contribution in [0.15, 0.2) is 53.0 Å². The minimum Gasteiger partial charge on any atom is -0.489 e. The van der Waals surface area contributed by atoms with Crippen molar-refractivity contribution in [3.63, 3.8) is 0 Å². The van der Waals surface area contributed by atoms with Crippen LogP contribution in [0.4, 0.5) is 0 Å². The third kappa shape index (κ3) is 3.34. The van der Waals surface area contributed by atoms with Gasteiger partial charge in [0.2, 0.25) is 5.91 Å². The zero-order valence-electron chi connectivity index (χ0n) is 9.60. The molecular weight excluding hydrogens is 294 g/mol. The molecule has 0 aliphatic heterocycles. The number of carbonyl (C=O) groups is 1. The number of rotatable bonds is 4. The van der Waals surface area contributed by atoms with Gasteiger partial charge in [0.15, 0.2) is 0 Å². The number of carbonyl (C=O) groups excluding carboxylic acids is 1. The summed E-state index contributed by atoms with van der Waals surface area (Å²) in [4.78, 5) is 11.0. The summed E-state index contributed by atoms with van der Waals surface area (Å²) in [6.07, 6.45) is 0. The summed E-state index contributed by atoms with van der Waals surface area (Å²) >= 11 is 3.37. The third-order valence-electron chi connectivity index (χ3n) is 2.44. The quantitative estimate of drug-likeness (QED) is 0.943. The van der Waals surface area contributed by atoms with Crippen molar-refractivity contribution in [2.24, 2.45) is 5.73 Å². The molecule has 18 heavy (non-hydrogen) atoms. The monoisotopic (exact) mass is 305 g/mol. The topological polar surface area (TPSA) is 52.3 Å². The van der Waals surface area contributed by atoms with E-state index in [1.54, 1.807) is 24.3 Å². The molecule has 0 heterocycles. The van der Waals surface area contributed by atoms with Gasteiger partial charge in [0.05, 0.1) is 0 Å². The summed E-state index contributed by atoms with van der Waals surface area (Å²) in [6, 6.07) is 14.7. The fourth-order valence-corrected chi connectivity index (χ4v) is 1.75. The Hall–Kier alpha value is -1.81. The number of benzene rings is 2. The van der Waals surface area contributed by atoms with Crippen LogP contribution in [0.5, 0.6) is 5.75 Å². The highest BCUT2D eigenvalue weighted by Gasteiger charge is 2.02. The minimum absolute atomic E-state index is 0.448. The van der Waals surface area contributed by atoms with Crippen molar-refractivity contribution in [3.05, 3.63) is 64.1 Å². The van der Waals surface area contributed by atoms with Crippen molar-refractivity contribution in [2.45, 2.75) is 6.61 Å². The van der Waals surface area contributed by atoms with Crippen LogP contribution in [0, 0.1) is 0 Å². The van der Waals surface area contributed by atoms with E-state index >= 15 is 0 Å². The molecule has 0 saturated heterocycles. The Bertz CT molecular complexity index is 552. The number of hydrogen-bond acceptors (Lipinski definition) is 2. The summed E-state index contributed by atoms with van der Waals surface area (Å²) in [5.74, 6) is 0.179. The molecule has 0 aromatic heterocycles. The average Bonchev–Trinajstić information content (AvgIpc) is 2.38. The first-order valence-electron chi connectivity index (χ1n) is 5.42. The Labute approximate surface area is 114 Å². The number of primary amides is 1. The largest absolute Gasteiger partial charge is 0.489 e. The Morgan fingerprint density at radius 2 is 1.89 bits per heavy atom. The molecule has 0 bridgehead atoms. The molecule has 2 aromatic rings. The molecular formula is C14H12BrNO2. The molecule has 0 atom stereocenters. The SMILES string of the molecule is NC(=O)c1cccc(OCc2ccc(Br)cc2)c1. The summed E-state index contributed by atoms with van der Waals surface area (Å²) in [5, 5.41) is 0. The zero-order valence-corrected chi connectivity index (χ0v) is 11.2. The van der Waals surface area contributed by atoms with Crippen LogP contribution in [0.3, 0.4) is 0 Å². The smallest absolute Gasteiger partial charge is 0.248 e. The van der Waals surface area contributed by atoms with E-state index in [4.69, 9.17) is 10.5 Å². The predicted octanol–water partition coefficient (Wildman–Crippen LogP) is 3.13. The van der Waals surface area contributed by atoms with Gasteiger partial charge in [-0.1, -0.05) is 34.1 Å². The molecule has 0 aliphatic carbocycles. The second kappa shape index (κ2) is 5.69. The zero-order chi connectivity index (χ0) is 13.0. The van der Waals surface area contributed by atoms with Crippen molar-refractivity contribution < 1.29 is 9.53 Å². The van der Waals surface area contributed by atoms with Crippen LogP contribution in [0.1, 0.15) is 15.9 Å². The summed E-state index contributed by atoms with van der Waals surface area (Å²) in [6.45, 7) is 0.454. The third-order valence-corrected chi connectivity index (χ3v) is 2.97. The lowest BCUT2D eigenvalue weighted by molar-refractivity contribution is 0.1000. The Balaban J connectivity index is 2.04. The molecule has 92 valence electrons. The highest BCUT2D eigenvalue weighted by Crippen LogP contribution is 2.16. The molecule has 2 N–H and O–H groups in total. The molecule has 0 spiro atoms. The van der Waals surface area contributed by atoms with Crippen LogP contribution in [0.2, 0.25) is 0 Å². The number of ether oxygens (including phenoxy) is 1. The maximum atomic E-state index is 11.0. The van der Waals surface area contributed by atoms with Crippen molar-refractivity contribution >= 4 is 21.8 Å². The molecule has 0 unspecified atom stereocenters.